The first-order valence-electron chi connectivity index (χ1n) is 8.37. The molecule has 0 bridgehead atoms. The first kappa shape index (κ1) is 19.6. The van der Waals surface area contributed by atoms with Gasteiger partial charge < -0.3 is 14.2 Å². The monoisotopic (exact) mass is 399 g/mol. The van der Waals surface area contributed by atoms with Crippen LogP contribution < -0.4 is 4.74 Å². The van der Waals surface area contributed by atoms with E-state index in [9.17, 15) is 9.18 Å². The largest absolute Gasteiger partial charge is 0.496 e. The number of carbonyl (C=O) groups is 1. The molecular weight excluding hydrogens is 381 g/mol. The van der Waals surface area contributed by atoms with Gasteiger partial charge in [-0.3, -0.25) is 0 Å². The van der Waals surface area contributed by atoms with Crippen molar-refractivity contribution in [2.24, 2.45) is 0 Å². The molecule has 0 atom stereocenters. The molecule has 1 aromatic heterocycles. The van der Waals surface area contributed by atoms with Crippen LogP contribution >= 0.6 is 11.3 Å². The van der Waals surface area contributed by atoms with Gasteiger partial charge in [0.05, 0.1) is 31.6 Å². The number of halogens is 1. The Morgan fingerprint density at radius 1 is 1.11 bits per heavy atom. The van der Waals surface area contributed by atoms with Crippen LogP contribution in [0.1, 0.15) is 11.3 Å². The lowest BCUT2D eigenvalue weighted by atomic mass is 10.1. The molecule has 7 heteroatoms. The zero-order chi connectivity index (χ0) is 19.9. The molecule has 3 aromatic rings. The maximum absolute atomic E-state index is 13.1. The van der Waals surface area contributed by atoms with Crippen LogP contribution in [0, 0.1) is 5.82 Å². The molecule has 0 saturated heterocycles. The summed E-state index contributed by atoms with van der Waals surface area (Å²) in [6.07, 6.45) is 1.26. The van der Waals surface area contributed by atoms with E-state index in [1.807, 2.05) is 17.5 Å². The van der Waals surface area contributed by atoms with Crippen molar-refractivity contribution in [3.8, 4) is 16.3 Å². The number of thiazole rings is 1. The van der Waals surface area contributed by atoms with E-state index in [0.29, 0.717) is 17.1 Å². The van der Waals surface area contributed by atoms with Crippen LogP contribution in [0.15, 0.2) is 60.0 Å². The lowest BCUT2D eigenvalue weighted by molar-refractivity contribution is -0.134. The number of methoxy groups -OCH3 is 2. The third-order valence-electron chi connectivity index (χ3n) is 3.84. The van der Waals surface area contributed by atoms with E-state index >= 15 is 0 Å². The van der Waals surface area contributed by atoms with Crippen molar-refractivity contribution in [1.82, 2.24) is 4.98 Å². The highest BCUT2D eigenvalue weighted by molar-refractivity contribution is 7.13. The maximum Gasteiger partial charge on any atom is 0.334 e. The van der Waals surface area contributed by atoms with Crippen LogP contribution in [-0.2, 0) is 20.9 Å². The second-order valence-corrected chi connectivity index (χ2v) is 6.53. The predicted octanol–water partition coefficient (Wildman–Crippen LogP) is 4.69. The van der Waals surface area contributed by atoms with Crippen molar-refractivity contribution in [1.29, 1.82) is 0 Å². The summed E-state index contributed by atoms with van der Waals surface area (Å²) in [5, 5.41) is 2.68. The van der Waals surface area contributed by atoms with Gasteiger partial charge in [-0.15, -0.1) is 11.3 Å². The van der Waals surface area contributed by atoms with Crippen LogP contribution in [-0.4, -0.2) is 25.2 Å². The van der Waals surface area contributed by atoms with Crippen molar-refractivity contribution < 1.29 is 23.4 Å². The van der Waals surface area contributed by atoms with Crippen molar-refractivity contribution in [3.63, 3.8) is 0 Å². The number of benzene rings is 2. The molecule has 0 fully saturated rings. The summed E-state index contributed by atoms with van der Waals surface area (Å²) in [4.78, 5) is 16.1. The molecule has 5 nitrogen and oxygen atoms in total. The van der Waals surface area contributed by atoms with Crippen LogP contribution in [0.4, 0.5) is 4.39 Å². The fourth-order valence-corrected chi connectivity index (χ4v) is 3.27. The molecule has 3 rings (SSSR count). The summed E-state index contributed by atoms with van der Waals surface area (Å²) in [7, 11) is 2.77. The molecule has 0 radical (unpaired) electrons. The lowest BCUT2D eigenvalue weighted by Gasteiger charge is -2.12. The second-order valence-electron chi connectivity index (χ2n) is 5.67. The lowest BCUT2D eigenvalue weighted by Crippen LogP contribution is -2.02. The molecule has 2 aromatic carbocycles. The average Bonchev–Trinajstić information content (AvgIpc) is 3.20. The van der Waals surface area contributed by atoms with Crippen LogP contribution in [0.25, 0.3) is 16.3 Å². The fourth-order valence-electron chi connectivity index (χ4n) is 2.46. The Morgan fingerprint density at radius 2 is 1.86 bits per heavy atom. The van der Waals surface area contributed by atoms with Gasteiger partial charge in [0.1, 0.15) is 28.9 Å². The Bertz CT molecular complexity index is 982. The minimum Gasteiger partial charge on any atom is -0.496 e. The number of hydrogen-bond acceptors (Lipinski definition) is 6. The highest BCUT2D eigenvalue weighted by Crippen LogP contribution is 2.28. The third kappa shape index (κ3) is 4.75. The smallest absolute Gasteiger partial charge is 0.334 e. The fraction of sp³-hybridized carbons (Fsp3) is 0.143. The highest BCUT2D eigenvalue weighted by atomic mass is 32.1. The minimum absolute atomic E-state index is 0.240. The third-order valence-corrected chi connectivity index (χ3v) is 4.78. The molecule has 0 aliphatic rings. The summed E-state index contributed by atoms with van der Waals surface area (Å²) in [5.74, 6) is 0.0908. The SMILES string of the molecule is COC(=O)C=C(OC)c1ccccc1OCc1csc(-c2ccc(F)cc2)n1. The van der Waals surface area contributed by atoms with Crippen molar-refractivity contribution >= 4 is 23.1 Å². The molecule has 28 heavy (non-hydrogen) atoms. The quantitative estimate of drug-likeness (QED) is 0.328. The Morgan fingerprint density at radius 3 is 2.57 bits per heavy atom. The average molecular weight is 399 g/mol. The van der Waals surface area contributed by atoms with Gasteiger partial charge in [0, 0.05) is 10.9 Å². The molecule has 0 spiro atoms. The number of aromatic nitrogens is 1. The number of ether oxygens (including phenoxy) is 3. The Balaban J connectivity index is 1.76. The van der Waals surface area contributed by atoms with Gasteiger partial charge in [-0.2, -0.15) is 0 Å². The van der Waals surface area contributed by atoms with E-state index in [1.165, 1.54) is 43.8 Å². The van der Waals surface area contributed by atoms with E-state index in [-0.39, 0.29) is 12.4 Å². The predicted molar refractivity (Wildman–Crippen MR) is 105 cm³/mol. The zero-order valence-electron chi connectivity index (χ0n) is 15.3. The Labute approximate surface area is 166 Å². The molecule has 0 unspecified atom stereocenters. The number of nitrogens with zero attached hydrogens (tertiary/aromatic N) is 1. The van der Waals surface area contributed by atoms with Gasteiger partial charge in [-0.25, -0.2) is 14.2 Å². The summed E-state index contributed by atoms with van der Waals surface area (Å²) in [6.45, 7) is 0.240. The Kier molecular flexibility index (Phi) is 6.39. The van der Waals surface area contributed by atoms with Crippen molar-refractivity contribution in [2.75, 3.05) is 14.2 Å². The first-order chi connectivity index (χ1) is 13.6. The van der Waals surface area contributed by atoms with Crippen LogP contribution in [0.2, 0.25) is 0 Å². The summed E-state index contributed by atoms with van der Waals surface area (Å²) in [5.41, 5.74) is 2.22. The van der Waals surface area contributed by atoms with Gasteiger partial charge in [0.25, 0.3) is 0 Å². The molecule has 0 saturated carbocycles. The minimum atomic E-state index is -0.518. The van der Waals surface area contributed by atoms with Gasteiger partial charge in [0.2, 0.25) is 0 Å². The van der Waals surface area contributed by atoms with Gasteiger partial charge in [-0.1, -0.05) is 12.1 Å². The number of esters is 1. The van der Waals surface area contributed by atoms with Crippen molar-refractivity contribution in [2.45, 2.75) is 6.61 Å². The summed E-state index contributed by atoms with van der Waals surface area (Å²) < 4.78 is 28.9. The summed E-state index contributed by atoms with van der Waals surface area (Å²) >= 11 is 1.46. The molecule has 144 valence electrons. The van der Waals surface area contributed by atoms with E-state index in [2.05, 4.69) is 9.72 Å². The second kappa shape index (κ2) is 9.14. The number of hydrogen-bond donors (Lipinski definition) is 0. The van der Waals surface area contributed by atoms with Crippen LogP contribution in [0.3, 0.4) is 0 Å². The van der Waals surface area contributed by atoms with Gasteiger partial charge >= 0.3 is 5.97 Å². The number of rotatable bonds is 7. The standard InChI is InChI=1S/C21H18FNO4S/c1-25-19(11-20(24)26-2)17-5-3-4-6-18(17)27-12-16-13-28-21(23-16)14-7-9-15(22)10-8-14/h3-11,13H,12H2,1-2H3. The van der Waals surface area contributed by atoms with Crippen LogP contribution in [0.5, 0.6) is 5.75 Å². The first-order valence-corrected chi connectivity index (χ1v) is 9.25. The van der Waals surface area contributed by atoms with E-state index in [0.717, 1.165) is 16.3 Å². The molecule has 1 heterocycles. The number of carbonyl (C=O) groups excluding carboxylic acids is 1. The Hall–Kier alpha value is -3.19. The normalized spacial score (nSPS) is 11.2. The number of para-hydroxylation sites is 1. The molecule has 0 N–H and O–H groups in total. The molecule has 0 aliphatic carbocycles. The highest BCUT2D eigenvalue weighted by Gasteiger charge is 2.12. The van der Waals surface area contributed by atoms with E-state index in [1.54, 1.807) is 24.3 Å². The van der Waals surface area contributed by atoms with E-state index in [4.69, 9.17) is 9.47 Å². The molecular formula is C21H18FNO4S. The van der Waals surface area contributed by atoms with E-state index < -0.39 is 5.97 Å². The molecule has 0 aliphatic heterocycles. The summed E-state index contributed by atoms with van der Waals surface area (Å²) in [6, 6.07) is 13.4. The van der Waals surface area contributed by atoms with Gasteiger partial charge in [0.15, 0.2) is 0 Å². The maximum atomic E-state index is 13.1. The van der Waals surface area contributed by atoms with Gasteiger partial charge in [-0.05, 0) is 36.4 Å². The molecule has 0 amide bonds. The zero-order valence-corrected chi connectivity index (χ0v) is 16.2. The topological polar surface area (TPSA) is 57.7 Å². The van der Waals surface area contributed by atoms with Crippen molar-refractivity contribution in [3.05, 3.63) is 77.1 Å².